The second-order valence-electron chi connectivity index (χ2n) is 6.88. The van der Waals surface area contributed by atoms with Gasteiger partial charge in [0.05, 0.1) is 16.8 Å². The molecule has 1 fully saturated rings. The topological polar surface area (TPSA) is 72.2 Å². The lowest BCUT2D eigenvalue weighted by atomic mass is 10.1. The average molecular weight is 386 g/mol. The highest BCUT2D eigenvalue weighted by Gasteiger charge is 2.29. The molecule has 7 heteroatoms. The molecule has 0 aliphatic heterocycles. The predicted octanol–water partition coefficient (Wildman–Crippen LogP) is 4.78. The molecule has 1 saturated carbocycles. The van der Waals surface area contributed by atoms with Gasteiger partial charge in [-0.25, -0.2) is 17.8 Å². The van der Waals surface area contributed by atoms with E-state index in [9.17, 15) is 12.8 Å². The number of hydrogen-bond donors (Lipinski definition) is 1. The van der Waals surface area contributed by atoms with Crippen molar-refractivity contribution in [3.05, 3.63) is 65.4 Å². The number of hydrogen-bond acceptors (Lipinski definition) is 4. The summed E-state index contributed by atoms with van der Waals surface area (Å²) < 4.78 is 47.4. The van der Waals surface area contributed by atoms with Gasteiger partial charge in [0, 0.05) is 11.5 Å². The summed E-state index contributed by atoms with van der Waals surface area (Å²) in [5.74, 6) is 1.22. The van der Waals surface area contributed by atoms with E-state index in [4.69, 9.17) is 4.42 Å². The molecule has 0 atom stereocenters. The Labute approximate surface area is 157 Å². The molecule has 4 rings (SSSR count). The largest absolute Gasteiger partial charge is 0.440 e. The van der Waals surface area contributed by atoms with Gasteiger partial charge >= 0.3 is 0 Å². The van der Waals surface area contributed by atoms with Gasteiger partial charge in [-0.05, 0) is 62.1 Å². The summed E-state index contributed by atoms with van der Waals surface area (Å²) in [6.45, 7) is 3.38. The quantitative estimate of drug-likeness (QED) is 0.685. The highest BCUT2D eigenvalue weighted by atomic mass is 32.2. The third kappa shape index (κ3) is 3.60. The number of nitrogens with zero attached hydrogens (tertiary/aromatic N) is 1. The average Bonchev–Trinajstić information content (AvgIpc) is 3.35. The van der Waals surface area contributed by atoms with E-state index in [0.717, 1.165) is 12.8 Å². The van der Waals surface area contributed by atoms with E-state index in [1.54, 1.807) is 32.2 Å². The Hall–Kier alpha value is -2.67. The van der Waals surface area contributed by atoms with Crippen LogP contribution in [0.15, 0.2) is 51.9 Å². The van der Waals surface area contributed by atoms with Crippen LogP contribution in [0.25, 0.3) is 11.3 Å². The van der Waals surface area contributed by atoms with E-state index in [0.29, 0.717) is 39.9 Å². The van der Waals surface area contributed by atoms with Gasteiger partial charge in [-0.3, -0.25) is 4.72 Å². The predicted molar refractivity (Wildman–Crippen MR) is 101 cm³/mol. The third-order valence-corrected chi connectivity index (χ3v) is 6.15. The molecule has 1 N–H and O–H groups in total. The Bertz CT molecular complexity index is 1120. The first kappa shape index (κ1) is 17.7. The molecule has 2 aromatic carbocycles. The van der Waals surface area contributed by atoms with Crippen LogP contribution in [0.3, 0.4) is 0 Å². The number of rotatable bonds is 5. The summed E-state index contributed by atoms with van der Waals surface area (Å²) in [5.41, 5.74) is 2.11. The SMILES string of the molecule is Cc1cc(F)ccc1NS(=O)(=O)c1cc(-c2cnc(C3CC3)o2)ccc1C. The van der Waals surface area contributed by atoms with E-state index in [1.165, 1.54) is 18.2 Å². The Morgan fingerprint density at radius 1 is 1.11 bits per heavy atom. The molecule has 27 heavy (non-hydrogen) atoms. The molecular weight excluding hydrogens is 367 g/mol. The molecule has 0 saturated heterocycles. The summed E-state index contributed by atoms with van der Waals surface area (Å²) >= 11 is 0. The normalized spacial score (nSPS) is 14.3. The van der Waals surface area contributed by atoms with Crippen LogP contribution in [0, 0.1) is 19.7 Å². The third-order valence-electron chi connectivity index (χ3n) is 4.65. The number of halogens is 1. The molecule has 5 nitrogen and oxygen atoms in total. The Balaban J connectivity index is 1.68. The second kappa shape index (κ2) is 6.49. The van der Waals surface area contributed by atoms with Gasteiger partial charge in [0.15, 0.2) is 11.7 Å². The minimum atomic E-state index is -3.84. The van der Waals surface area contributed by atoms with E-state index in [-0.39, 0.29) is 4.90 Å². The monoisotopic (exact) mass is 386 g/mol. The maximum absolute atomic E-state index is 13.3. The maximum Gasteiger partial charge on any atom is 0.262 e. The van der Waals surface area contributed by atoms with Gasteiger partial charge in [-0.1, -0.05) is 12.1 Å². The van der Waals surface area contributed by atoms with Crippen molar-refractivity contribution in [3.8, 4) is 11.3 Å². The molecule has 0 spiro atoms. The molecule has 0 bridgehead atoms. The van der Waals surface area contributed by atoms with Crippen LogP contribution >= 0.6 is 0 Å². The summed E-state index contributed by atoms with van der Waals surface area (Å²) in [6, 6.07) is 9.06. The van der Waals surface area contributed by atoms with Crippen LogP contribution in [0.5, 0.6) is 0 Å². The number of nitrogens with one attached hydrogen (secondary N) is 1. The zero-order valence-corrected chi connectivity index (χ0v) is 15.8. The lowest BCUT2D eigenvalue weighted by Gasteiger charge is -2.13. The van der Waals surface area contributed by atoms with Gasteiger partial charge in [-0.15, -0.1) is 0 Å². The first-order valence-corrected chi connectivity index (χ1v) is 10.2. The summed E-state index contributed by atoms with van der Waals surface area (Å²) in [4.78, 5) is 4.44. The first-order chi connectivity index (χ1) is 12.8. The number of aryl methyl sites for hydroxylation is 2. The maximum atomic E-state index is 13.3. The van der Waals surface area contributed by atoms with E-state index in [2.05, 4.69) is 9.71 Å². The van der Waals surface area contributed by atoms with Crippen molar-refractivity contribution in [1.82, 2.24) is 4.98 Å². The number of sulfonamides is 1. The van der Waals surface area contributed by atoms with Gasteiger partial charge in [0.2, 0.25) is 0 Å². The van der Waals surface area contributed by atoms with Gasteiger partial charge in [-0.2, -0.15) is 0 Å². The van der Waals surface area contributed by atoms with Crippen LogP contribution in [0.2, 0.25) is 0 Å². The van der Waals surface area contributed by atoms with Crippen molar-refractivity contribution in [2.75, 3.05) is 4.72 Å². The number of oxazole rings is 1. The van der Waals surface area contributed by atoms with Crippen molar-refractivity contribution in [2.45, 2.75) is 37.5 Å². The van der Waals surface area contributed by atoms with Crippen molar-refractivity contribution in [1.29, 1.82) is 0 Å². The van der Waals surface area contributed by atoms with Crippen LogP contribution in [0.4, 0.5) is 10.1 Å². The highest BCUT2D eigenvalue weighted by Crippen LogP contribution is 2.40. The Morgan fingerprint density at radius 3 is 2.59 bits per heavy atom. The summed E-state index contributed by atoms with van der Waals surface area (Å²) in [6.07, 6.45) is 3.79. The first-order valence-electron chi connectivity index (χ1n) is 8.69. The molecule has 0 radical (unpaired) electrons. The molecule has 140 valence electrons. The fourth-order valence-corrected chi connectivity index (χ4v) is 4.33. The summed E-state index contributed by atoms with van der Waals surface area (Å²) in [5, 5.41) is 0. The van der Waals surface area contributed by atoms with Crippen molar-refractivity contribution < 1.29 is 17.2 Å². The van der Waals surface area contributed by atoms with Gasteiger partial charge < -0.3 is 4.42 Å². The van der Waals surface area contributed by atoms with Crippen molar-refractivity contribution in [2.24, 2.45) is 0 Å². The molecule has 0 amide bonds. The lowest BCUT2D eigenvalue weighted by molar-refractivity contribution is 0.509. The molecule has 1 aliphatic rings. The van der Waals surface area contributed by atoms with Crippen molar-refractivity contribution >= 4 is 15.7 Å². The standard InChI is InChI=1S/C20H19FN2O3S/c1-12-3-4-15(18-11-22-20(26-18)14-5-6-14)10-19(12)27(24,25)23-17-8-7-16(21)9-13(17)2/h3-4,7-11,14,23H,5-6H2,1-2H3. The molecule has 1 heterocycles. The van der Waals surface area contributed by atoms with Crippen LogP contribution in [0.1, 0.15) is 35.8 Å². The smallest absolute Gasteiger partial charge is 0.262 e. The zero-order valence-electron chi connectivity index (χ0n) is 15.0. The molecule has 1 aliphatic carbocycles. The fraction of sp³-hybridized carbons (Fsp3) is 0.250. The zero-order chi connectivity index (χ0) is 19.2. The van der Waals surface area contributed by atoms with E-state index >= 15 is 0 Å². The number of benzene rings is 2. The Morgan fingerprint density at radius 2 is 1.89 bits per heavy atom. The Kier molecular flexibility index (Phi) is 4.26. The summed E-state index contributed by atoms with van der Waals surface area (Å²) in [7, 11) is -3.84. The molecular formula is C20H19FN2O3S. The number of aromatic nitrogens is 1. The fourth-order valence-electron chi connectivity index (χ4n) is 2.92. The van der Waals surface area contributed by atoms with Crippen LogP contribution in [-0.4, -0.2) is 13.4 Å². The van der Waals surface area contributed by atoms with Gasteiger partial charge in [0.25, 0.3) is 10.0 Å². The number of anilines is 1. The van der Waals surface area contributed by atoms with E-state index < -0.39 is 15.8 Å². The van der Waals surface area contributed by atoms with Crippen molar-refractivity contribution in [3.63, 3.8) is 0 Å². The van der Waals surface area contributed by atoms with Gasteiger partial charge in [0.1, 0.15) is 5.82 Å². The van der Waals surface area contributed by atoms with Crippen LogP contribution in [-0.2, 0) is 10.0 Å². The highest BCUT2D eigenvalue weighted by molar-refractivity contribution is 7.92. The minimum Gasteiger partial charge on any atom is -0.440 e. The molecule has 3 aromatic rings. The van der Waals surface area contributed by atoms with Crippen LogP contribution < -0.4 is 4.72 Å². The molecule has 0 unspecified atom stereocenters. The van der Waals surface area contributed by atoms with E-state index in [1.807, 2.05) is 6.07 Å². The second-order valence-corrected chi connectivity index (χ2v) is 8.53. The minimum absolute atomic E-state index is 0.146. The lowest BCUT2D eigenvalue weighted by Crippen LogP contribution is -2.15. The molecule has 1 aromatic heterocycles.